The molecule has 6 nitrogen and oxygen atoms in total. The van der Waals surface area contributed by atoms with Gasteiger partial charge >= 0.3 is 0 Å². The monoisotopic (exact) mass is 390 g/mol. The van der Waals surface area contributed by atoms with Crippen molar-refractivity contribution in [1.82, 2.24) is 20.0 Å². The zero-order chi connectivity index (χ0) is 18.8. The van der Waals surface area contributed by atoms with Gasteiger partial charge in [0, 0.05) is 42.5 Å². The van der Waals surface area contributed by atoms with Crippen LogP contribution in [0, 0.1) is 0 Å². The summed E-state index contributed by atoms with van der Waals surface area (Å²) in [5.74, 6) is 1.88. The van der Waals surface area contributed by atoms with Gasteiger partial charge in [0.05, 0.1) is 5.56 Å². The topological polar surface area (TPSA) is 64.3 Å². The van der Waals surface area contributed by atoms with Gasteiger partial charge < -0.3 is 9.26 Å². The molecule has 0 atom stereocenters. The molecule has 0 bridgehead atoms. The van der Waals surface area contributed by atoms with Crippen molar-refractivity contribution in [2.75, 3.05) is 13.1 Å². The lowest BCUT2D eigenvalue weighted by molar-refractivity contribution is 0.0152. The van der Waals surface area contributed by atoms with Gasteiger partial charge in [0.25, 0.3) is 5.89 Å². The van der Waals surface area contributed by atoms with Gasteiger partial charge in [-0.2, -0.15) is 4.98 Å². The normalized spacial score (nSPS) is 14.7. The lowest BCUT2D eigenvalue weighted by Gasteiger charge is -2.38. The van der Waals surface area contributed by atoms with Crippen LogP contribution in [-0.4, -0.2) is 39.2 Å². The Morgan fingerprint density at radius 3 is 2.71 bits per heavy atom. The molecule has 1 aliphatic heterocycles. The molecule has 0 N–H and O–H groups in total. The number of pyridine rings is 1. The highest BCUT2D eigenvalue weighted by molar-refractivity contribution is 7.09. The van der Waals surface area contributed by atoms with Crippen LogP contribution in [0.25, 0.3) is 22.8 Å². The van der Waals surface area contributed by atoms with E-state index >= 15 is 0 Å². The van der Waals surface area contributed by atoms with Gasteiger partial charge in [0.15, 0.2) is 0 Å². The van der Waals surface area contributed by atoms with E-state index in [1.807, 2.05) is 36.4 Å². The minimum Gasteiger partial charge on any atom is -0.488 e. The van der Waals surface area contributed by atoms with Crippen LogP contribution in [0.4, 0.5) is 0 Å². The van der Waals surface area contributed by atoms with Gasteiger partial charge in [-0.05, 0) is 47.8 Å². The quantitative estimate of drug-likeness (QED) is 0.493. The third kappa shape index (κ3) is 3.67. The van der Waals surface area contributed by atoms with E-state index in [1.54, 1.807) is 23.7 Å². The summed E-state index contributed by atoms with van der Waals surface area (Å²) >= 11 is 1.80. The number of thiophene rings is 1. The molecule has 28 heavy (non-hydrogen) atoms. The van der Waals surface area contributed by atoms with Crippen molar-refractivity contribution >= 4 is 11.3 Å². The first-order valence-corrected chi connectivity index (χ1v) is 9.97. The summed E-state index contributed by atoms with van der Waals surface area (Å²) in [5.41, 5.74) is 1.69. The molecule has 0 amide bonds. The number of aromatic nitrogens is 3. The number of hydrogen-bond donors (Lipinski definition) is 0. The Kier molecular flexibility index (Phi) is 4.60. The number of ether oxygens (including phenoxy) is 1. The second-order valence-corrected chi connectivity index (χ2v) is 7.73. The van der Waals surface area contributed by atoms with E-state index in [-0.39, 0.29) is 6.10 Å². The van der Waals surface area contributed by atoms with Crippen molar-refractivity contribution < 1.29 is 9.26 Å². The fraction of sp³-hybridized carbons (Fsp3) is 0.190. The Morgan fingerprint density at radius 1 is 1.07 bits per heavy atom. The number of rotatable bonds is 6. The number of hydrogen-bond acceptors (Lipinski definition) is 7. The van der Waals surface area contributed by atoms with E-state index in [9.17, 15) is 0 Å². The Hall–Kier alpha value is -3.03. The summed E-state index contributed by atoms with van der Waals surface area (Å²) in [6.45, 7) is 2.92. The second-order valence-electron chi connectivity index (χ2n) is 6.70. The minimum absolute atomic E-state index is 0.244. The molecule has 1 saturated heterocycles. The van der Waals surface area contributed by atoms with E-state index in [0.29, 0.717) is 11.7 Å². The summed E-state index contributed by atoms with van der Waals surface area (Å²) in [6.07, 6.45) is 3.66. The van der Waals surface area contributed by atoms with Crippen molar-refractivity contribution in [3.05, 3.63) is 71.2 Å². The molecule has 7 heteroatoms. The zero-order valence-electron chi connectivity index (χ0n) is 15.1. The summed E-state index contributed by atoms with van der Waals surface area (Å²) in [5, 5.41) is 6.18. The molecular formula is C21H18N4O2S. The highest BCUT2D eigenvalue weighted by Gasteiger charge is 2.28. The second kappa shape index (κ2) is 7.53. The highest BCUT2D eigenvalue weighted by atomic mass is 32.1. The molecule has 1 fully saturated rings. The molecule has 0 spiro atoms. The van der Waals surface area contributed by atoms with Crippen molar-refractivity contribution in [2.24, 2.45) is 0 Å². The first kappa shape index (κ1) is 17.1. The number of nitrogens with zero attached hydrogens (tertiary/aromatic N) is 4. The van der Waals surface area contributed by atoms with Crippen LogP contribution in [-0.2, 0) is 6.54 Å². The molecule has 5 rings (SSSR count). The van der Waals surface area contributed by atoms with Crippen LogP contribution in [0.1, 0.15) is 4.88 Å². The van der Waals surface area contributed by atoms with Gasteiger partial charge in [-0.15, -0.1) is 11.3 Å². The predicted octanol–water partition coefficient (Wildman–Crippen LogP) is 4.12. The Labute approximate surface area is 166 Å². The van der Waals surface area contributed by atoms with Crippen LogP contribution in [0.3, 0.4) is 0 Å². The third-order valence-corrected chi connectivity index (χ3v) is 5.49. The maximum atomic E-state index is 6.05. The van der Waals surface area contributed by atoms with Crippen LogP contribution >= 0.6 is 11.3 Å². The first-order valence-electron chi connectivity index (χ1n) is 9.09. The molecule has 0 saturated carbocycles. The van der Waals surface area contributed by atoms with Crippen molar-refractivity contribution in [2.45, 2.75) is 12.6 Å². The van der Waals surface area contributed by atoms with Crippen LogP contribution in [0.2, 0.25) is 0 Å². The fourth-order valence-electron chi connectivity index (χ4n) is 3.17. The SMILES string of the molecule is c1cncc(-c2nc(-c3ccc(OC4CN(Cc5cccs5)C4)cc3)no2)c1. The first-order chi connectivity index (χ1) is 13.8. The molecule has 3 aromatic heterocycles. The van der Waals surface area contributed by atoms with Gasteiger partial charge in [-0.3, -0.25) is 9.88 Å². The zero-order valence-corrected chi connectivity index (χ0v) is 15.9. The Morgan fingerprint density at radius 2 is 1.96 bits per heavy atom. The molecule has 0 aliphatic carbocycles. The Balaban J connectivity index is 1.18. The third-order valence-electron chi connectivity index (χ3n) is 4.63. The average molecular weight is 390 g/mol. The smallest absolute Gasteiger partial charge is 0.259 e. The van der Waals surface area contributed by atoms with Crippen LogP contribution in [0.15, 0.2) is 70.8 Å². The predicted molar refractivity (Wildman–Crippen MR) is 107 cm³/mol. The van der Waals surface area contributed by atoms with Gasteiger partial charge in [0.1, 0.15) is 11.9 Å². The summed E-state index contributed by atoms with van der Waals surface area (Å²) in [7, 11) is 0. The Bertz CT molecular complexity index is 1030. The molecular weight excluding hydrogens is 372 g/mol. The van der Waals surface area contributed by atoms with Crippen molar-refractivity contribution in [3.63, 3.8) is 0 Å². The summed E-state index contributed by atoms with van der Waals surface area (Å²) in [4.78, 5) is 12.3. The van der Waals surface area contributed by atoms with Gasteiger partial charge in [0.2, 0.25) is 5.82 Å². The lowest BCUT2D eigenvalue weighted by atomic mass is 10.1. The maximum Gasteiger partial charge on any atom is 0.259 e. The number of benzene rings is 1. The molecule has 140 valence electrons. The van der Waals surface area contributed by atoms with Crippen LogP contribution < -0.4 is 4.74 Å². The molecule has 0 radical (unpaired) electrons. The van der Waals surface area contributed by atoms with E-state index in [0.717, 1.165) is 36.5 Å². The molecule has 4 aromatic rings. The number of likely N-dealkylation sites (tertiary alicyclic amines) is 1. The maximum absolute atomic E-state index is 6.05. The average Bonchev–Trinajstić information content (AvgIpc) is 3.40. The van der Waals surface area contributed by atoms with E-state index in [1.165, 1.54) is 4.88 Å². The van der Waals surface area contributed by atoms with Crippen LogP contribution in [0.5, 0.6) is 5.75 Å². The molecule has 1 aromatic carbocycles. The van der Waals surface area contributed by atoms with Gasteiger partial charge in [-0.25, -0.2) is 0 Å². The summed E-state index contributed by atoms with van der Waals surface area (Å²) < 4.78 is 11.4. The van der Waals surface area contributed by atoms with Gasteiger partial charge in [-0.1, -0.05) is 11.2 Å². The lowest BCUT2D eigenvalue weighted by Crippen LogP contribution is -2.52. The highest BCUT2D eigenvalue weighted by Crippen LogP contribution is 2.25. The molecule has 4 heterocycles. The molecule has 0 unspecified atom stereocenters. The minimum atomic E-state index is 0.244. The van der Waals surface area contributed by atoms with E-state index in [2.05, 4.69) is 37.5 Å². The molecule has 1 aliphatic rings. The van der Waals surface area contributed by atoms with E-state index in [4.69, 9.17) is 9.26 Å². The summed E-state index contributed by atoms with van der Waals surface area (Å²) in [6, 6.07) is 15.8. The van der Waals surface area contributed by atoms with Crippen molar-refractivity contribution in [1.29, 1.82) is 0 Å². The largest absolute Gasteiger partial charge is 0.488 e. The van der Waals surface area contributed by atoms with E-state index < -0.39 is 0 Å². The van der Waals surface area contributed by atoms with Crippen molar-refractivity contribution in [3.8, 4) is 28.6 Å². The fourth-order valence-corrected chi connectivity index (χ4v) is 3.92. The standard InChI is InChI=1S/C21H18N4O2S/c1-3-16(11-22-9-1)21-23-20(24-27-21)15-5-7-17(8-6-15)26-18-12-25(13-18)14-19-4-2-10-28-19/h1-11,18H,12-14H2.